The van der Waals surface area contributed by atoms with Crippen molar-refractivity contribution in [1.29, 1.82) is 0 Å². The van der Waals surface area contributed by atoms with Crippen molar-refractivity contribution < 1.29 is 4.79 Å². The first-order valence-electron chi connectivity index (χ1n) is 6.23. The molecule has 0 radical (unpaired) electrons. The number of nitrogens with one attached hydrogen (secondary N) is 2. The molecule has 0 saturated heterocycles. The Hall–Kier alpha value is -2.40. The van der Waals surface area contributed by atoms with Crippen LogP contribution < -0.4 is 5.32 Å². The van der Waals surface area contributed by atoms with E-state index in [2.05, 4.69) is 15.5 Å². The Bertz CT molecular complexity index is 743. The normalized spacial score (nSPS) is 11.2. The Morgan fingerprint density at radius 3 is 3.15 bits per heavy atom. The maximum atomic E-state index is 11.8. The molecule has 3 aromatic rings. The van der Waals surface area contributed by atoms with Crippen molar-refractivity contribution in [2.45, 2.75) is 6.54 Å². The molecule has 2 aromatic heterocycles. The fraction of sp³-hybridized carbons (Fsp3) is 0.0667. The highest BCUT2D eigenvalue weighted by molar-refractivity contribution is 7.10. The highest BCUT2D eigenvalue weighted by Gasteiger charge is 2.03. The van der Waals surface area contributed by atoms with Crippen molar-refractivity contribution >= 4 is 34.2 Å². The summed E-state index contributed by atoms with van der Waals surface area (Å²) in [5.41, 5.74) is 1.99. The van der Waals surface area contributed by atoms with E-state index < -0.39 is 0 Å². The molecule has 2 N–H and O–H groups in total. The second-order valence-electron chi connectivity index (χ2n) is 4.32. The van der Waals surface area contributed by atoms with Gasteiger partial charge in [-0.05, 0) is 23.1 Å². The number of H-pyrrole nitrogens is 1. The highest BCUT2D eigenvalue weighted by Crippen LogP contribution is 2.15. The summed E-state index contributed by atoms with van der Waals surface area (Å²) in [7, 11) is 0. The third-order valence-corrected chi connectivity index (χ3v) is 3.80. The minimum Gasteiger partial charge on any atom is -0.348 e. The number of carbonyl (C=O) groups is 1. The van der Waals surface area contributed by atoms with Crippen LogP contribution in [0, 0.1) is 0 Å². The predicted molar refractivity (Wildman–Crippen MR) is 81.3 cm³/mol. The number of carbonyl (C=O) groups excluding carboxylic acids is 1. The number of rotatable bonds is 4. The van der Waals surface area contributed by atoms with E-state index in [0.717, 1.165) is 21.3 Å². The van der Waals surface area contributed by atoms with Gasteiger partial charge < -0.3 is 5.32 Å². The van der Waals surface area contributed by atoms with Crippen LogP contribution in [0.4, 0.5) is 0 Å². The molecule has 3 rings (SSSR count). The van der Waals surface area contributed by atoms with Crippen molar-refractivity contribution in [3.05, 3.63) is 58.4 Å². The smallest absolute Gasteiger partial charge is 0.244 e. The SMILES string of the molecule is O=C(C=Cc1cccs1)NCc1cccc2cn[nH]c12. The number of aromatic amines is 1. The van der Waals surface area contributed by atoms with Crippen LogP contribution in [0.1, 0.15) is 10.4 Å². The van der Waals surface area contributed by atoms with Gasteiger partial charge in [0.1, 0.15) is 0 Å². The van der Waals surface area contributed by atoms with Crippen LogP contribution in [-0.2, 0) is 11.3 Å². The third kappa shape index (κ3) is 2.78. The molecule has 0 unspecified atom stereocenters. The van der Waals surface area contributed by atoms with Gasteiger partial charge in [0, 0.05) is 22.9 Å². The predicted octanol–water partition coefficient (Wildman–Crippen LogP) is 2.95. The van der Waals surface area contributed by atoms with Crippen molar-refractivity contribution in [2.75, 3.05) is 0 Å². The fourth-order valence-electron chi connectivity index (χ4n) is 1.96. The summed E-state index contributed by atoms with van der Waals surface area (Å²) in [6, 6.07) is 9.85. The Morgan fingerprint density at radius 1 is 1.35 bits per heavy atom. The van der Waals surface area contributed by atoms with E-state index in [-0.39, 0.29) is 5.91 Å². The number of amides is 1. The highest BCUT2D eigenvalue weighted by atomic mass is 32.1. The minimum absolute atomic E-state index is 0.102. The Balaban J connectivity index is 1.64. The Kier molecular flexibility index (Phi) is 3.60. The monoisotopic (exact) mass is 283 g/mol. The van der Waals surface area contributed by atoms with E-state index in [9.17, 15) is 4.79 Å². The van der Waals surface area contributed by atoms with Gasteiger partial charge in [0.05, 0.1) is 11.7 Å². The molecule has 1 aromatic carbocycles. The average Bonchev–Trinajstić information content (AvgIpc) is 3.13. The van der Waals surface area contributed by atoms with Crippen molar-refractivity contribution in [3.8, 4) is 0 Å². The van der Waals surface area contributed by atoms with Crippen LogP contribution in [0.3, 0.4) is 0 Å². The molecule has 0 spiro atoms. The maximum absolute atomic E-state index is 11.8. The van der Waals surface area contributed by atoms with E-state index in [1.54, 1.807) is 23.6 Å². The van der Waals surface area contributed by atoms with Crippen LogP contribution in [0.5, 0.6) is 0 Å². The molecule has 1 amide bonds. The summed E-state index contributed by atoms with van der Waals surface area (Å²) in [5, 5.41) is 12.9. The maximum Gasteiger partial charge on any atom is 0.244 e. The van der Waals surface area contributed by atoms with E-state index in [1.165, 1.54) is 0 Å². The van der Waals surface area contributed by atoms with Gasteiger partial charge >= 0.3 is 0 Å². The summed E-state index contributed by atoms with van der Waals surface area (Å²) in [6.07, 6.45) is 5.15. The summed E-state index contributed by atoms with van der Waals surface area (Å²) in [6.45, 7) is 0.479. The zero-order chi connectivity index (χ0) is 13.8. The quantitative estimate of drug-likeness (QED) is 0.723. The number of para-hydroxylation sites is 1. The van der Waals surface area contributed by atoms with E-state index in [1.807, 2.05) is 41.8 Å². The number of benzene rings is 1. The molecule has 0 fully saturated rings. The standard InChI is InChI=1S/C15H13N3OS/c19-14(7-6-13-5-2-8-20-13)16-9-11-3-1-4-12-10-17-18-15(11)12/h1-8,10H,9H2,(H,16,19)(H,17,18). The van der Waals surface area contributed by atoms with Gasteiger partial charge in [0.25, 0.3) is 0 Å². The van der Waals surface area contributed by atoms with Crippen molar-refractivity contribution in [2.24, 2.45) is 0 Å². The van der Waals surface area contributed by atoms with Crippen LogP contribution in [0.2, 0.25) is 0 Å². The van der Waals surface area contributed by atoms with Gasteiger partial charge in [-0.25, -0.2) is 0 Å². The largest absolute Gasteiger partial charge is 0.348 e. The van der Waals surface area contributed by atoms with Gasteiger partial charge in [-0.1, -0.05) is 24.3 Å². The first kappa shape index (κ1) is 12.6. The van der Waals surface area contributed by atoms with Gasteiger partial charge in [-0.15, -0.1) is 11.3 Å². The van der Waals surface area contributed by atoms with E-state index >= 15 is 0 Å². The van der Waals surface area contributed by atoms with Crippen molar-refractivity contribution in [1.82, 2.24) is 15.5 Å². The lowest BCUT2D eigenvalue weighted by Crippen LogP contribution is -2.20. The number of nitrogens with zero attached hydrogens (tertiary/aromatic N) is 1. The topological polar surface area (TPSA) is 57.8 Å². The molecule has 0 aliphatic rings. The molecule has 100 valence electrons. The van der Waals surface area contributed by atoms with Gasteiger partial charge in [-0.2, -0.15) is 5.10 Å². The molecule has 5 heteroatoms. The van der Waals surface area contributed by atoms with Crippen LogP contribution in [0.15, 0.2) is 48.0 Å². The van der Waals surface area contributed by atoms with Crippen LogP contribution in [0.25, 0.3) is 17.0 Å². The molecular formula is C15H13N3OS. The van der Waals surface area contributed by atoms with Crippen molar-refractivity contribution in [3.63, 3.8) is 0 Å². The summed E-state index contributed by atoms with van der Waals surface area (Å²) >= 11 is 1.60. The third-order valence-electron chi connectivity index (χ3n) is 2.96. The number of fused-ring (bicyclic) bond motifs is 1. The number of hydrogen-bond donors (Lipinski definition) is 2. The summed E-state index contributed by atoms with van der Waals surface area (Å²) in [5.74, 6) is -0.102. The van der Waals surface area contributed by atoms with Crippen LogP contribution >= 0.6 is 11.3 Å². The molecular weight excluding hydrogens is 270 g/mol. The van der Waals surface area contributed by atoms with E-state index in [0.29, 0.717) is 6.54 Å². The van der Waals surface area contributed by atoms with Crippen LogP contribution in [-0.4, -0.2) is 16.1 Å². The zero-order valence-corrected chi connectivity index (χ0v) is 11.5. The molecule has 4 nitrogen and oxygen atoms in total. The van der Waals surface area contributed by atoms with E-state index in [4.69, 9.17) is 0 Å². The number of aromatic nitrogens is 2. The first-order valence-corrected chi connectivity index (χ1v) is 7.11. The number of thiophene rings is 1. The Labute approximate surface area is 120 Å². The zero-order valence-electron chi connectivity index (χ0n) is 10.7. The minimum atomic E-state index is -0.102. The first-order chi connectivity index (χ1) is 9.83. The summed E-state index contributed by atoms with van der Waals surface area (Å²) < 4.78 is 0. The molecule has 0 atom stereocenters. The van der Waals surface area contributed by atoms with Gasteiger partial charge in [-0.3, -0.25) is 9.89 Å². The molecule has 0 aliphatic carbocycles. The lowest BCUT2D eigenvalue weighted by Gasteiger charge is -2.03. The average molecular weight is 283 g/mol. The second kappa shape index (κ2) is 5.71. The molecule has 0 aliphatic heterocycles. The molecule has 0 saturated carbocycles. The summed E-state index contributed by atoms with van der Waals surface area (Å²) in [4.78, 5) is 12.8. The lowest BCUT2D eigenvalue weighted by molar-refractivity contribution is -0.116. The Morgan fingerprint density at radius 2 is 2.30 bits per heavy atom. The fourth-order valence-corrected chi connectivity index (χ4v) is 2.58. The molecule has 0 bridgehead atoms. The molecule has 20 heavy (non-hydrogen) atoms. The second-order valence-corrected chi connectivity index (χ2v) is 5.30. The van der Waals surface area contributed by atoms with Gasteiger partial charge in [0.15, 0.2) is 0 Å². The van der Waals surface area contributed by atoms with Gasteiger partial charge in [0.2, 0.25) is 5.91 Å². The number of hydrogen-bond acceptors (Lipinski definition) is 3. The molecule has 2 heterocycles. The lowest BCUT2D eigenvalue weighted by atomic mass is 10.1.